The Kier molecular flexibility index (Phi) is 5.01. The molecule has 0 saturated carbocycles. The number of anilines is 1. The summed E-state index contributed by atoms with van der Waals surface area (Å²) in [6.07, 6.45) is 2.38. The molecule has 0 fully saturated rings. The van der Waals surface area contributed by atoms with E-state index in [-0.39, 0.29) is 0 Å². The monoisotopic (exact) mass is 274 g/mol. The van der Waals surface area contributed by atoms with Crippen molar-refractivity contribution in [3.8, 4) is 0 Å². The number of rotatable bonds is 7. The number of nitrogens with zero attached hydrogens (tertiary/aromatic N) is 3. The third-order valence-electron chi connectivity index (χ3n) is 3.89. The lowest BCUT2D eigenvalue weighted by Crippen LogP contribution is -2.27. The number of aryl methyl sites for hydroxylation is 1. The highest BCUT2D eigenvalue weighted by Gasteiger charge is 2.06. The van der Waals surface area contributed by atoms with Crippen LogP contribution in [0.1, 0.15) is 26.7 Å². The van der Waals surface area contributed by atoms with Crippen molar-refractivity contribution in [2.75, 3.05) is 25.5 Å². The Balaban J connectivity index is 1.80. The predicted molar refractivity (Wildman–Crippen MR) is 86.2 cm³/mol. The van der Waals surface area contributed by atoms with Crippen molar-refractivity contribution in [2.24, 2.45) is 7.05 Å². The van der Waals surface area contributed by atoms with Gasteiger partial charge in [0.2, 0.25) is 5.95 Å². The predicted octanol–water partition coefficient (Wildman–Crippen LogP) is 3.11. The maximum Gasteiger partial charge on any atom is 0.203 e. The largest absolute Gasteiger partial charge is 0.356 e. The molecule has 0 atom stereocenters. The Morgan fingerprint density at radius 1 is 1.25 bits per heavy atom. The van der Waals surface area contributed by atoms with Crippen LogP contribution in [0.15, 0.2) is 24.3 Å². The molecule has 0 radical (unpaired) electrons. The van der Waals surface area contributed by atoms with E-state index in [1.165, 1.54) is 18.4 Å². The fourth-order valence-electron chi connectivity index (χ4n) is 2.25. The zero-order valence-electron chi connectivity index (χ0n) is 13.1. The summed E-state index contributed by atoms with van der Waals surface area (Å²) in [6, 6.07) is 8.86. The summed E-state index contributed by atoms with van der Waals surface area (Å²) in [5, 5.41) is 3.44. The van der Waals surface area contributed by atoms with Crippen LogP contribution in [0.2, 0.25) is 0 Å². The molecule has 1 N–H and O–H groups in total. The molecule has 20 heavy (non-hydrogen) atoms. The first-order valence-electron chi connectivity index (χ1n) is 7.45. The fourth-order valence-corrected chi connectivity index (χ4v) is 2.25. The molecule has 1 aromatic carbocycles. The van der Waals surface area contributed by atoms with E-state index in [1.54, 1.807) is 0 Å². The minimum atomic E-state index is 0.628. The second-order valence-electron chi connectivity index (χ2n) is 5.69. The van der Waals surface area contributed by atoms with Crippen molar-refractivity contribution in [3.05, 3.63) is 24.3 Å². The standard InChI is InChI=1S/C16H26N4/c1-13(2)19(3)12-8-7-11-17-16-18-14-9-5-6-10-15(14)20(16)4/h5-6,9-10,13H,7-8,11-12H2,1-4H3,(H,17,18). The number of aromatic nitrogens is 2. The second kappa shape index (κ2) is 6.75. The highest BCUT2D eigenvalue weighted by molar-refractivity contribution is 5.78. The second-order valence-corrected chi connectivity index (χ2v) is 5.69. The van der Waals surface area contributed by atoms with E-state index < -0.39 is 0 Å². The van der Waals surface area contributed by atoms with Crippen LogP contribution in [0.5, 0.6) is 0 Å². The van der Waals surface area contributed by atoms with E-state index in [2.05, 4.69) is 65.9 Å². The lowest BCUT2D eigenvalue weighted by molar-refractivity contribution is 0.269. The van der Waals surface area contributed by atoms with Crippen molar-refractivity contribution in [3.63, 3.8) is 0 Å². The minimum Gasteiger partial charge on any atom is -0.356 e. The van der Waals surface area contributed by atoms with Crippen LogP contribution in [0.25, 0.3) is 11.0 Å². The average molecular weight is 274 g/mol. The summed E-state index contributed by atoms with van der Waals surface area (Å²) >= 11 is 0. The highest BCUT2D eigenvalue weighted by Crippen LogP contribution is 2.17. The molecule has 1 aromatic heterocycles. The van der Waals surface area contributed by atoms with E-state index in [9.17, 15) is 0 Å². The van der Waals surface area contributed by atoms with Crippen LogP contribution >= 0.6 is 0 Å². The Hall–Kier alpha value is -1.55. The number of imidazole rings is 1. The molecule has 0 spiro atoms. The molecule has 0 bridgehead atoms. The van der Waals surface area contributed by atoms with Gasteiger partial charge in [-0.05, 0) is 52.4 Å². The zero-order chi connectivity index (χ0) is 14.5. The lowest BCUT2D eigenvalue weighted by atomic mass is 10.2. The van der Waals surface area contributed by atoms with Crippen LogP contribution in [0, 0.1) is 0 Å². The highest BCUT2D eigenvalue weighted by atomic mass is 15.2. The molecule has 0 aliphatic carbocycles. The Labute approximate surface area is 121 Å². The van der Waals surface area contributed by atoms with Gasteiger partial charge >= 0.3 is 0 Å². The fraction of sp³-hybridized carbons (Fsp3) is 0.562. The van der Waals surface area contributed by atoms with E-state index in [1.807, 2.05) is 6.07 Å². The van der Waals surface area contributed by atoms with E-state index >= 15 is 0 Å². The van der Waals surface area contributed by atoms with Crippen molar-refractivity contribution in [1.29, 1.82) is 0 Å². The smallest absolute Gasteiger partial charge is 0.203 e. The number of hydrogen-bond donors (Lipinski definition) is 1. The molecular formula is C16H26N4. The number of para-hydroxylation sites is 2. The maximum absolute atomic E-state index is 4.61. The summed E-state index contributed by atoms with van der Waals surface area (Å²) in [4.78, 5) is 7.00. The first-order chi connectivity index (χ1) is 9.59. The van der Waals surface area contributed by atoms with Gasteiger partial charge in [-0.1, -0.05) is 12.1 Å². The van der Waals surface area contributed by atoms with Gasteiger partial charge in [0.1, 0.15) is 0 Å². The molecule has 1 heterocycles. The molecule has 110 valence electrons. The van der Waals surface area contributed by atoms with Crippen LogP contribution in [-0.2, 0) is 7.05 Å². The topological polar surface area (TPSA) is 33.1 Å². The van der Waals surface area contributed by atoms with E-state index in [4.69, 9.17) is 0 Å². The third-order valence-corrected chi connectivity index (χ3v) is 3.89. The molecule has 0 saturated heterocycles. The van der Waals surface area contributed by atoms with Crippen LogP contribution < -0.4 is 5.32 Å². The SMILES string of the molecule is CC(C)N(C)CCCCNc1nc2ccccc2n1C. The van der Waals surface area contributed by atoms with Crippen LogP contribution in [0.3, 0.4) is 0 Å². The van der Waals surface area contributed by atoms with E-state index in [0.29, 0.717) is 6.04 Å². The summed E-state index contributed by atoms with van der Waals surface area (Å²) in [6.45, 7) is 6.60. The van der Waals surface area contributed by atoms with Gasteiger partial charge in [0.05, 0.1) is 11.0 Å². The van der Waals surface area contributed by atoms with Crippen molar-refractivity contribution in [2.45, 2.75) is 32.7 Å². The number of benzene rings is 1. The van der Waals surface area contributed by atoms with Crippen LogP contribution in [-0.4, -0.2) is 40.6 Å². The molecule has 0 aliphatic heterocycles. The third kappa shape index (κ3) is 3.51. The van der Waals surface area contributed by atoms with Crippen molar-refractivity contribution in [1.82, 2.24) is 14.5 Å². The van der Waals surface area contributed by atoms with Gasteiger partial charge in [-0.2, -0.15) is 0 Å². The average Bonchev–Trinajstić information content (AvgIpc) is 2.75. The summed E-state index contributed by atoms with van der Waals surface area (Å²) in [5.74, 6) is 0.961. The molecule has 4 heteroatoms. The number of fused-ring (bicyclic) bond motifs is 1. The number of hydrogen-bond acceptors (Lipinski definition) is 3. The molecular weight excluding hydrogens is 248 g/mol. The van der Waals surface area contributed by atoms with Gasteiger partial charge < -0.3 is 14.8 Å². The first kappa shape index (κ1) is 14.9. The zero-order valence-corrected chi connectivity index (χ0v) is 13.1. The van der Waals surface area contributed by atoms with Gasteiger partial charge in [0.15, 0.2) is 0 Å². The minimum absolute atomic E-state index is 0.628. The molecule has 2 rings (SSSR count). The summed E-state index contributed by atoms with van der Waals surface area (Å²) in [5.41, 5.74) is 2.23. The van der Waals surface area contributed by atoms with Gasteiger partial charge in [0.25, 0.3) is 0 Å². The van der Waals surface area contributed by atoms with Gasteiger partial charge in [-0.25, -0.2) is 4.98 Å². The Bertz CT molecular complexity index is 544. The summed E-state index contributed by atoms with van der Waals surface area (Å²) in [7, 11) is 4.24. The quantitative estimate of drug-likeness (QED) is 0.788. The molecule has 0 aliphatic rings. The number of nitrogens with one attached hydrogen (secondary N) is 1. The van der Waals surface area contributed by atoms with Gasteiger partial charge in [0, 0.05) is 19.6 Å². The van der Waals surface area contributed by atoms with Gasteiger partial charge in [-0.15, -0.1) is 0 Å². The normalized spacial score (nSPS) is 11.7. The molecule has 0 unspecified atom stereocenters. The summed E-state index contributed by atoms with van der Waals surface area (Å²) < 4.78 is 2.12. The molecule has 4 nitrogen and oxygen atoms in total. The van der Waals surface area contributed by atoms with Crippen molar-refractivity contribution < 1.29 is 0 Å². The van der Waals surface area contributed by atoms with Crippen LogP contribution in [0.4, 0.5) is 5.95 Å². The van der Waals surface area contributed by atoms with Crippen molar-refractivity contribution >= 4 is 17.0 Å². The Morgan fingerprint density at radius 3 is 2.70 bits per heavy atom. The van der Waals surface area contributed by atoms with Gasteiger partial charge in [-0.3, -0.25) is 0 Å². The van der Waals surface area contributed by atoms with E-state index in [0.717, 1.165) is 24.6 Å². The lowest BCUT2D eigenvalue weighted by Gasteiger charge is -2.20. The first-order valence-corrected chi connectivity index (χ1v) is 7.45. The maximum atomic E-state index is 4.61. The number of unbranched alkanes of at least 4 members (excludes halogenated alkanes) is 1. The Morgan fingerprint density at radius 2 is 2.00 bits per heavy atom. The molecule has 2 aromatic rings. The molecule has 0 amide bonds.